The van der Waals surface area contributed by atoms with Crippen molar-refractivity contribution in [2.75, 3.05) is 13.2 Å². The molecule has 24 heavy (non-hydrogen) atoms. The van der Waals surface area contributed by atoms with Crippen molar-refractivity contribution in [2.45, 2.75) is 31.8 Å². The largest absolute Gasteiger partial charge is 0.381 e. The van der Waals surface area contributed by atoms with Crippen molar-refractivity contribution in [2.24, 2.45) is 11.7 Å². The lowest BCUT2D eigenvalue weighted by Gasteiger charge is -2.28. The second-order valence-corrected chi connectivity index (χ2v) is 6.14. The molecule has 2 aromatic rings. The number of hydrogen-bond acceptors (Lipinski definition) is 5. The predicted molar refractivity (Wildman–Crippen MR) is 89.4 cm³/mol. The number of nitrogens with one attached hydrogen (secondary N) is 1. The monoisotopic (exact) mass is 329 g/mol. The standard InChI is InChI=1S/C17H23N5O2/c1-12(21-17(23)16(18)14-6-8-24-9-7-14)13-2-4-15(5-3-13)22-11-19-10-20-22/h2-5,10-12,14,16H,6-9,18H2,1H3,(H,21,23). The molecule has 3 N–H and O–H groups in total. The van der Waals surface area contributed by atoms with Crippen LogP contribution in [0.1, 0.15) is 31.4 Å². The van der Waals surface area contributed by atoms with Crippen molar-refractivity contribution < 1.29 is 9.53 Å². The molecule has 1 amide bonds. The van der Waals surface area contributed by atoms with E-state index < -0.39 is 6.04 Å². The number of nitrogens with two attached hydrogens (primary N) is 1. The average molecular weight is 329 g/mol. The third-order valence-electron chi connectivity index (χ3n) is 4.51. The van der Waals surface area contributed by atoms with Gasteiger partial charge in [-0.25, -0.2) is 9.67 Å². The smallest absolute Gasteiger partial charge is 0.237 e. The quantitative estimate of drug-likeness (QED) is 0.859. The second kappa shape index (κ2) is 7.55. The van der Waals surface area contributed by atoms with Gasteiger partial charge in [0.25, 0.3) is 0 Å². The van der Waals surface area contributed by atoms with Gasteiger partial charge in [0, 0.05) is 13.2 Å². The Morgan fingerprint density at radius 2 is 2.04 bits per heavy atom. The van der Waals surface area contributed by atoms with Crippen LogP contribution in [0.2, 0.25) is 0 Å². The number of hydrogen-bond donors (Lipinski definition) is 2. The summed E-state index contributed by atoms with van der Waals surface area (Å²) in [5, 5.41) is 7.10. The number of nitrogens with zero attached hydrogens (tertiary/aromatic N) is 3. The maximum absolute atomic E-state index is 12.4. The van der Waals surface area contributed by atoms with Crippen LogP contribution in [0.3, 0.4) is 0 Å². The molecule has 2 unspecified atom stereocenters. The Morgan fingerprint density at radius 1 is 1.33 bits per heavy atom. The van der Waals surface area contributed by atoms with Gasteiger partial charge in [-0.3, -0.25) is 4.79 Å². The van der Waals surface area contributed by atoms with Crippen molar-refractivity contribution in [3.63, 3.8) is 0 Å². The Balaban J connectivity index is 1.59. The van der Waals surface area contributed by atoms with Crippen LogP contribution in [0.25, 0.3) is 5.69 Å². The highest BCUT2D eigenvalue weighted by Gasteiger charge is 2.27. The lowest BCUT2D eigenvalue weighted by Crippen LogP contribution is -2.47. The van der Waals surface area contributed by atoms with Crippen LogP contribution in [0.15, 0.2) is 36.9 Å². The molecule has 2 atom stereocenters. The van der Waals surface area contributed by atoms with E-state index in [1.807, 2.05) is 31.2 Å². The molecule has 2 heterocycles. The van der Waals surface area contributed by atoms with Crippen LogP contribution in [0.5, 0.6) is 0 Å². The van der Waals surface area contributed by atoms with Gasteiger partial charge in [0.1, 0.15) is 12.7 Å². The molecule has 1 saturated heterocycles. The maximum atomic E-state index is 12.4. The summed E-state index contributed by atoms with van der Waals surface area (Å²) >= 11 is 0. The van der Waals surface area contributed by atoms with Gasteiger partial charge in [0.2, 0.25) is 5.91 Å². The van der Waals surface area contributed by atoms with Gasteiger partial charge < -0.3 is 15.8 Å². The Kier molecular flexibility index (Phi) is 5.22. The van der Waals surface area contributed by atoms with E-state index in [2.05, 4.69) is 15.4 Å². The summed E-state index contributed by atoms with van der Waals surface area (Å²) in [5.74, 6) is 0.0930. The molecule has 1 aliphatic rings. The molecule has 1 fully saturated rings. The Bertz CT molecular complexity index is 650. The van der Waals surface area contributed by atoms with Crippen LogP contribution in [0.4, 0.5) is 0 Å². The fourth-order valence-electron chi connectivity index (χ4n) is 2.94. The molecule has 0 radical (unpaired) electrons. The third kappa shape index (κ3) is 3.80. The Hall–Kier alpha value is -2.25. The molecule has 1 aromatic heterocycles. The number of benzene rings is 1. The summed E-state index contributed by atoms with van der Waals surface area (Å²) in [4.78, 5) is 16.3. The number of carbonyl (C=O) groups excluding carboxylic acids is 1. The highest BCUT2D eigenvalue weighted by Crippen LogP contribution is 2.19. The fraction of sp³-hybridized carbons (Fsp3) is 0.471. The van der Waals surface area contributed by atoms with Crippen LogP contribution in [0, 0.1) is 5.92 Å². The van der Waals surface area contributed by atoms with E-state index in [-0.39, 0.29) is 17.9 Å². The molecule has 1 aromatic carbocycles. The van der Waals surface area contributed by atoms with E-state index >= 15 is 0 Å². The van der Waals surface area contributed by atoms with Crippen molar-refractivity contribution in [3.8, 4) is 5.69 Å². The predicted octanol–water partition coefficient (Wildman–Crippen LogP) is 1.20. The van der Waals surface area contributed by atoms with E-state index in [1.165, 1.54) is 6.33 Å². The summed E-state index contributed by atoms with van der Waals surface area (Å²) in [6, 6.07) is 7.26. The fourth-order valence-corrected chi connectivity index (χ4v) is 2.94. The molecular formula is C17H23N5O2. The first-order valence-corrected chi connectivity index (χ1v) is 8.24. The lowest BCUT2D eigenvalue weighted by atomic mass is 9.91. The van der Waals surface area contributed by atoms with Gasteiger partial charge in [0.15, 0.2) is 0 Å². The van der Waals surface area contributed by atoms with E-state index in [0.29, 0.717) is 13.2 Å². The van der Waals surface area contributed by atoms with E-state index in [4.69, 9.17) is 10.5 Å². The van der Waals surface area contributed by atoms with Crippen LogP contribution >= 0.6 is 0 Å². The molecule has 0 aliphatic carbocycles. The third-order valence-corrected chi connectivity index (χ3v) is 4.51. The first kappa shape index (κ1) is 16.6. The number of amides is 1. The van der Waals surface area contributed by atoms with Gasteiger partial charge in [-0.1, -0.05) is 12.1 Å². The number of rotatable bonds is 5. The highest BCUT2D eigenvalue weighted by molar-refractivity contribution is 5.82. The van der Waals surface area contributed by atoms with Crippen LogP contribution < -0.4 is 11.1 Å². The number of carbonyl (C=O) groups is 1. The molecule has 128 valence electrons. The van der Waals surface area contributed by atoms with Gasteiger partial charge >= 0.3 is 0 Å². The van der Waals surface area contributed by atoms with Gasteiger partial charge in [-0.2, -0.15) is 5.10 Å². The summed E-state index contributed by atoms with van der Waals surface area (Å²) in [7, 11) is 0. The SMILES string of the molecule is CC(NC(=O)C(N)C1CCOCC1)c1ccc(-n2cncn2)cc1. The average Bonchev–Trinajstić information content (AvgIpc) is 3.16. The zero-order valence-corrected chi connectivity index (χ0v) is 13.8. The zero-order valence-electron chi connectivity index (χ0n) is 13.8. The van der Waals surface area contributed by atoms with Gasteiger partial charge in [0.05, 0.1) is 17.8 Å². The zero-order chi connectivity index (χ0) is 16.9. The van der Waals surface area contributed by atoms with Crippen LogP contribution in [-0.4, -0.2) is 39.9 Å². The van der Waals surface area contributed by atoms with Crippen molar-refractivity contribution in [1.82, 2.24) is 20.1 Å². The maximum Gasteiger partial charge on any atom is 0.237 e. The number of aromatic nitrogens is 3. The minimum Gasteiger partial charge on any atom is -0.381 e. The summed E-state index contributed by atoms with van der Waals surface area (Å²) < 4.78 is 7.01. The molecule has 0 bridgehead atoms. The summed E-state index contributed by atoms with van der Waals surface area (Å²) in [5.41, 5.74) is 8.06. The molecule has 1 aliphatic heterocycles. The lowest BCUT2D eigenvalue weighted by molar-refractivity contribution is -0.125. The first-order chi connectivity index (χ1) is 11.6. The topological polar surface area (TPSA) is 95.1 Å². The highest BCUT2D eigenvalue weighted by atomic mass is 16.5. The van der Waals surface area contributed by atoms with Crippen molar-refractivity contribution in [1.29, 1.82) is 0 Å². The molecule has 7 nitrogen and oxygen atoms in total. The van der Waals surface area contributed by atoms with E-state index in [9.17, 15) is 4.79 Å². The Morgan fingerprint density at radius 3 is 2.67 bits per heavy atom. The van der Waals surface area contributed by atoms with Crippen molar-refractivity contribution >= 4 is 5.91 Å². The minimum absolute atomic E-state index is 0.102. The van der Waals surface area contributed by atoms with Crippen molar-refractivity contribution in [3.05, 3.63) is 42.5 Å². The molecule has 3 rings (SSSR count). The molecule has 0 saturated carbocycles. The number of ether oxygens (including phenoxy) is 1. The van der Waals surface area contributed by atoms with Gasteiger partial charge in [-0.05, 0) is 43.4 Å². The van der Waals surface area contributed by atoms with Gasteiger partial charge in [-0.15, -0.1) is 0 Å². The minimum atomic E-state index is -0.481. The summed E-state index contributed by atoms with van der Waals surface area (Å²) in [6.07, 6.45) is 4.83. The summed E-state index contributed by atoms with van der Waals surface area (Å²) in [6.45, 7) is 3.33. The normalized spacial score (nSPS) is 18.1. The van der Waals surface area contributed by atoms with Crippen LogP contribution in [-0.2, 0) is 9.53 Å². The van der Waals surface area contributed by atoms with E-state index in [1.54, 1.807) is 11.0 Å². The second-order valence-electron chi connectivity index (χ2n) is 6.14. The molecule has 7 heteroatoms. The molecular weight excluding hydrogens is 306 g/mol. The van der Waals surface area contributed by atoms with E-state index in [0.717, 1.165) is 24.1 Å². The Labute approximate surface area is 141 Å². The first-order valence-electron chi connectivity index (χ1n) is 8.24. The molecule has 0 spiro atoms.